The molecule has 1 aromatic heterocycles. The Labute approximate surface area is 167 Å². The highest BCUT2D eigenvalue weighted by molar-refractivity contribution is 5.79. The van der Waals surface area contributed by atoms with E-state index < -0.39 is 0 Å². The smallest absolute Gasteiger partial charge is 0.191 e. The monoisotopic (exact) mass is 375 g/mol. The molecule has 5 nitrogen and oxygen atoms in total. The molecule has 5 heteroatoms. The number of hydrogen-bond donors (Lipinski definition) is 2. The first-order valence-corrected chi connectivity index (χ1v) is 9.79. The van der Waals surface area contributed by atoms with Crippen LogP contribution >= 0.6 is 0 Å². The molecule has 0 fully saturated rings. The zero-order valence-corrected chi connectivity index (χ0v) is 16.7. The summed E-state index contributed by atoms with van der Waals surface area (Å²) in [4.78, 5) is 8.84. The molecule has 0 aliphatic heterocycles. The molecule has 0 radical (unpaired) electrons. The minimum atomic E-state index is 0.329. The molecular formula is C23H29N5. The first kappa shape index (κ1) is 19.7. The van der Waals surface area contributed by atoms with Gasteiger partial charge in [-0.1, -0.05) is 60.7 Å². The Morgan fingerprint density at radius 3 is 2.39 bits per heavy atom. The van der Waals surface area contributed by atoms with Gasteiger partial charge in [0.2, 0.25) is 0 Å². The van der Waals surface area contributed by atoms with Crippen LogP contribution in [0.3, 0.4) is 0 Å². The first-order chi connectivity index (χ1) is 13.7. The van der Waals surface area contributed by atoms with Crippen LogP contribution in [-0.2, 0) is 19.5 Å². The van der Waals surface area contributed by atoms with Crippen LogP contribution in [0.25, 0.3) is 0 Å². The molecule has 1 heterocycles. The van der Waals surface area contributed by atoms with Gasteiger partial charge in [0.25, 0.3) is 0 Å². The highest BCUT2D eigenvalue weighted by Crippen LogP contribution is 2.06. The van der Waals surface area contributed by atoms with Gasteiger partial charge in [-0.2, -0.15) is 0 Å². The second kappa shape index (κ2) is 10.3. The van der Waals surface area contributed by atoms with Crippen molar-refractivity contribution in [3.05, 3.63) is 90.0 Å². The third-order valence-corrected chi connectivity index (χ3v) is 4.73. The van der Waals surface area contributed by atoms with Gasteiger partial charge in [-0.15, -0.1) is 0 Å². The number of aryl methyl sites for hydroxylation is 1. The Morgan fingerprint density at radius 1 is 1.04 bits per heavy atom. The van der Waals surface area contributed by atoms with E-state index in [1.54, 1.807) is 7.05 Å². The lowest BCUT2D eigenvalue weighted by Crippen LogP contribution is -2.42. The van der Waals surface area contributed by atoms with E-state index in [-0.39, 0.29) is 0 Å². The summed E-state index contributed by atoms with van der Waals surface area (Å²) in [6, 6.07) is 21.3. The summed E-state index contributed by atoms with van der Waals surface area (Å²) in [5.74, 6) is 1.79. The molecule has 3 rings (SSSR count). The van der Waals surface area contributed by atoms with Crippen molar-refractivity contribution >= 4 is 5.96 Å². The van der Waals surface area contributed by atoms with Crippen molar-refractivity contribution < 1.29 is 0 Å². The topological polar surface area (TPSA) is 54.2 Å². The molecule has 0 aliphatic rings. The quantitative estimate of drug-likeness (QED) is 0.467. The lowest BCUT2D eigenvalue weighted by atomic mass is 10.1. The highest BCUT2D eigenvalue weighted by atomic mass is 15.2. The van der Waals surface area contributed by atoms with Gasteiger partial charge in [0.15, 0.2) is 5.96 Å². The number of nitrogens with one attached hydrogen (secondary N) is 2. The molecule has 28 heavy (non-hydrogen) atoms. The number of aromatic nitrogens is 2. The Bertz CT molecular complexity index is 855. The van der Waals surface area contributed by atoms with Crippen molar-refractivity contribution in [1.82, 2.24) is 20.2 Å². The summed E-state index contributed by atoms with van der Waals surface area (Å²) >= 11 is 0. The Morgan fingerprint density at radius 2 is 1.71 bits per heavy atom. The molecule has 3 aromatic rings. The van der Waals surface area contributed by atoms with Crippen molar-refractivity contribution in [1.29, 1.82) is 0 Å². The summed E-state index contributed by atoms with van der Waals surface area (Å²) < 4.78 is 2.16. The van der Waals surface area contributed by atoms with E-state index in [4.69, 9.17) is 0 Å². The minimum Gasteiger partial charge on any atom is -0.354 e. The molecule has 0 spiro atoms. The van der Waals surface area contributed by atoms with E-state index in [9.17, 15) is 0 Å². The number of hydrogen-bond acceptors (Lipinski definition) is 2. The Kier molecular flexibility index (Phi) is 7.24. The Balaban J connectivity index is 1.48. The van der Waals surface area contributed by atoms with Crippen LogP contribution in [0.5, 0.6) is 0 Å². The first-order valence-electron chi connectivity index (χ1n) is 9.79. The van der Waals surface area contributed by atoms with Gasteiger partial charge < -0.3 is 15.2 Å². The van der Waals surface area contributed by atoms with Crippen molar-refractivity contribution in [3.8, 4) is 0 Å². The van der Waals surface area contributed by atoms with Gasteiger partial charge in [0.1, 0.15) is 5.82 Å². The van der Waals surface area contributed by atoms with Crippen LogP contribution in [-0.4, -0.2) is 28.6 Å². The van der Waals surface area contributed by atoms with Gasteiger partial charge in [-0.05, 0) is 30.9 Å². The van der Waals surface area contributed by atoms with Crippen LogP contribution < -0.4 is 10.6 Å². The predicted octanol–water partition coefficient (Wildman–Crippen LogP) is 3.62. The molecule has 2 aromatic carbocycles. The van der Waals surface area contributed by atoms with Gasteiger partial charge in [0.05, 0.1) is 6.54 Å². The van der Waals surface area contributed by atoms with Gasteiger partial charge in [-0.25, -0.2) is 4.98 Å². The van der Waals surface area contributed by atoms with E-state index in [1.165, 1.54) is 11.1 Å². The lowest BCUT2D eigenvalue weighted by Gasteiger charge is -2.18. The molecular weight excluding hydrogens is 346 g/mol. The normalized spacial score (nSPS) is 12.6. The van der Waals surface area contributed by atoms with Crippen molar-refractivity contribution in [2.45, 2.75) is 38.9 Å². The van der Waals surface area contributed by atoms with Gasteiger partial charge in [0, 0.05) is 32.0 Å². The number of rotatable bonds is 8. The maximum atomic E-state index is 4.49. The summed E-state index contributed by atoms with van der Waals surface area (Å²) in [6.45, 7) is 3.63. The molecule has 2 N–H and O–H groups in total. The second-order valence-corrected chi connectivity index (χ2v) is 6.95. The van der Waals surface area contributed by atoms with Gasteiger partial charge in [-0.3, -0.25) is 4.99 Å². The van der Waals surface area contributed by atoms with Crippen molar-refractivity contribution in [3.63, 3.8) is 0 Å². The highest BCUT2D eigenvalue weighted by Gasteiger charge is 2.08. The second-order valence-electron chi connectivity index (χ2n) is 6.95. The SMILES string of the molecule is CN=C(NCc1nccn1Cc1ccccc1)NC(C)CCc1ccccc1. The van der Waals surface area contributed by atoms with Gasteiger partial charge >= 0.3 is 0 Å². The molecule has 0 saturated carbocycles. The number of guanidine groups is 1. The Hall–Kier alpha value is -3.08. The summed E-state index contributed by atoms with van der Waals surface area (Å²) in [6.07, 6.45) is 5.96. The maximum absolute atomic E-state index is 4.49. The van der Waals surface area contributed by atoms with Crippen LogP contribution in [0.4, 0.5) is 0 Å². The average Bonchev–Trinajstić information content (AvgIpc) is 3.18. The van der Waals surface area contributed by atoms with E-state index in [2.05, 4.69) is 86.7 Å². The number of imidazole rings is 1. The molecule has 0 saturated heterocycles. The number of nitrogens with zero attached hydrogens (tertiary/aromatic N) is 3. The zero-order valence-electron chi connectivity index (χ0n) is 16.7. The average molecular weight is 376 g/mol. The fraction of sp³-hybridized carbons (Fsp3) is 0.304. The molecule has 1 unspecified atom stereocenters. The van der Waals surface area contributed by atoms with E-state index in [1.807, 2.05) is 18.5 Å². The van der Waals surface area contributed by atoms with Crippen LogP contribution in [0.15, 0.2) is 78.0 Å². The van der Waals surface area contributed by atoms with Crippen LogP contribution in [0.2, 0.25) is 0 Å². The van der Waals surface area contributed by atoms with Crippen molar-refractivity contribution in [2.75, 3.05) is 7.05 Å². The largest absolute Gasteiger partial charge is 0.354 e. The maximum Gasteiger partial charge on any atom is 0.191 e. The number of aliphatic imine (C=N–C) groups is 1. The zero-order chi connectivity index (χ0) is 19.6. The van der Waals surface area contributed by atoms with E-state index >= 15 is 0 Å². The standard InChI is InChI=1S/C23H29N5/c1-19(13-14-20-9-5-3-6-10-20)27-23(24-2)26-17-22-25-15-16-28(22)18-21-11-7-4-8-12-21/h3-12,15-16,19H,13-14,17-18H2,1-2H3,(H2,24,26,27). The molecule has 146 valence electrons. The fourth-order valence-corrected chi connectivity index (χ4v) is 3.12. The fourth-order valence-electron chi connectivity index (χ4n) is 3.12. The lowest BCUT2D eigenvalue weighted by molar-refractivity contribution is 0.589. The van der Waals surface area contributed by atoms with Crippen LogP contribution in [0, 0.1) is 0 Å². The summed E-state index contributed by atoms with van der Waals surface area (Å²) in [5.41, 5.74) is 2.63. The third-order valence-electron chi connectivity index (χ3n) is 4.73. The molecule has 0 bridgehead atoms. The summed E-state index contributed by atoms with van der Waals surface area (Å²) in [5, 5.41) is 6.85. The predicted molar refractivity (Wildman–Crippen MR) is 115 cm³/mol. The minimum absolute atomic E-state index is 0.329. The third kappa shape index (κ3) is 5.98. The van der Waals surface area contributed by atoms with E-state index in [0.717, 1.165) is 31.2 Å². The van der Waals surface area contributed by atoms with E-state index in [0.29, 0.717) is 12.6 Å². The number of benzene rings is 2. The van der Waals surface area contributed by atoms with Crippen molar-refractivity contribution in [2.24, 2.45) is 4.99 Å². The molecule has 0 aliphatic carbocycles. The van der Waals surface area contributed by atoms with Crippen LogP contribution in [0.1, 0.15) is 30.3 Å². The summed E-state index contributed by atoms with van der Waals surface area (Å²) in [7, 11) is 1.80. The molecule has 0 amide bonds. The molecule has 1 atom stereocenters.